The molecular weight excluding hydrogens is 319 g/mol. The summed E-state index contributed by atoms with van der Waals surface area (Å²) in [5.41, 5.74) is -0.618. The van der Waals surface area contributed by atoms with Gasteiger partial charge in [0, 0.05) is 38.9 Å². The molecule has 1 aliphatic rings. The molecule has 124 valence electrons. The molecule has 1 atom stereocenters. The van der Waals surface area contributed by atoms with Gasteiger partial charge in [0.2, 0.25) is 0 Å². The molecule has 0 aromatic heterocycles. The fourth-order valence-electron chi connectivity index (χ4n) is 2.38. The van der Waals surface area contributed by atoms with Crippen LogP contribution in [-0.4, -0.2) is 45.9 Å². The Hall–Kier alpha value is -1.32. The van der Waals surface area contributed by atoms with Crippen LogP contribution >= 0.6 is 0 Å². The largest absolute Gasteiger partial charge is 0.418 e. The molecule has 22 heavy (non-hydrogen) atoms. The maximum atomic E-state index is 13.0. The molecule has 1 unspecified atom stereocenters. The summed E-state index contributed by atoms with van der Waals surface area (Å²) in [5, 5.41) is 0. The average molecular weight is 337 g/mol. The van der Waals surface area contributed by atoms with Crippen molar-refractivity contribution < 1.29 is 21.6 Å². The van der Waals surface area contributed by atoms with Crippen LogP contribution in [0.3, 0.4) is 0 Å². The van der Waals surface area contributed by atoms with Gasteiger partial charge in [-0.1, -0.05) is 12.1 Å². The molecule has 1 aromatic rings. The number of benzene rings is 1. The SMILES string of the molecule is CN(C)S(=O)(=O)NC1CCN(c2ccccc2C(F)(F)F)C1. The highest BCUT2D eigenvalue weighted by atomic mass is 32.2. The second kappa shape index (κ2) is 6.05. The summed E-state index contributed by atoms with van der Waals surface area (Å²) in [5.74, 6) is 0. The van der Waals surface area contributed by atoms with E-state index in [-0.39, 0.29) is 12.2 Å². The lowest BCUT2D eigenvalue weighted by molar-refractivity contribution is -0.137. The monoisotopic (exact) mass is 337 g/mol. The first-order valence-corrected chi connectivity index (χ1v) is 8.16. The third-order valence-corrected chi connectivity index (χ3v) is 5.13. The van der Waals surface area contributed by atoms with E-state index in [2.05, 4.69) is 4.72 Å². The molecule has 0 radical (unpaired) electrons. The third-order valence-electron chi connectivity index (χ3n) is 3.53. The van der Waals surface area contributed by atoms with E-state index in [0.717, 1.165) is 10.4 Å². The Morgan fingerprint density at radius 3 is 2.50 bits per heavy atom. The van der Waals surface area contributed by atoms with Crippen LogP contribution in [0, 0.1) is 0 Å². The fourth-order valence-corrected chi connectivity index (χ4v) is 3.20. The number of hydrogen-bond acceptors (Lipinski definition) is 3. The number of halogens is 3. The van der Waals surface area contributed by atoms with Crippen LogP contribution in [0.1, 0.15) is 12.0 Å². The topological polar surface area (TPSA) is 52.7 Å². The number of nitrogens with one attached hydrogen (secondary N) is 1. The lowest BCUT2D eigenvalue weighted by atomic mass is 10.1. The Kier molecular flexibility index (Phi) is 4.69. The number of alkyl halides is 3. The lowest BCUT2D eigenvalue weighted by Crippen LogP contribution is -2.43. The summed E-state index contributed by atoms with van der Waals surface area (Å²) >= 11 is 0. The zero-order chi connectivity index (χ0) is 16.5. The normalized spacial score (nSPS) is 19.9. The van der Waals surface area contributed by atoms with Crippen LogP contribution in [0.25, 0.3) is 0 Å². The van der Waals surface area contributed by atoms with Crippen molar-refractivity contribution in [3.63, 3.8) is 0 Å². The molecule has 0 amide bonds. The molecule has 1 saturated heterocycles. The van der Waals surface area contributed by atoms with Crippen LogP contribution in [0.4, 0.5) is 18.9 Å². The smallest absolute Gasteiger partial charge is 0.369 e. The van der Waals surface area contributed by atoms with Crippen molar-refractivity contribution in [2.45, 2.75) is 18.6 Å². The highest BCUT2D eigenvalue weighted by Gasteiger charge is 2.36. The van der Waals surface area contributed by atoms with Gasteiger partial charge in [-0.05, 0) is 18.6 Å². The predicted molar refractivity (Wildman–Crippen MR) is 77.8 cm³/mol. The van der Waals surface area contributed by atoms with E-state index in [9.17, 15) is 21.6 Å². The van der Waals surface area contributed by atoms with Crippen molar-refractivity contribution in [2.24, 2.45) is 0 Å². The number of nitrogens with zero attached hydrogens (tertiary/aromatic N) is 2. The molecule has 1 heterocycles. The van der Waals surface area contributed by atoms with E-state index in [1.54, 1.807) is 11.0 Å². The van der Waals surface area contributed by atoms with Gasteiger partial charge in [0.1, 0.15) is 0 Å². The molecule has 9 heteroatoms. The minimum Gasteiger partial charge on any atom is -0.369 e. The van der Waals surface area contributed by atoms with Crippen LogP contribution in [0.15, 0.2) is 24.3 Å². The molecule has 0 spiro atoms. The molecular formula is C13H18F3N3O2S. The maximum absolute atomic E-state index is 13.0. The van der Waals surface area contributed by atoms with Gasteiger partial charge in [-0.25, -0.2) is 0 Å². The van der Waals surface area contributed by atoms with Gasteiger partial charge in [0.05, 0.1) is 5.56 Å². The van der Waals surface area contributed by atoms with Crippen LogP contribution in [0.5, 0.6) is 0 Å². The second-order valence-electron chi connectivity index (χ2n) is 5.35. The molecule has 0 saturated carbocycles. The summed E-state index contributed by atoms with van der Waals surface area (Å²) < 4.78 is 66.2. The minimum absolute atomic E-state index is 0.0848. The Balaban J connectivity index is 2.15. The van der Waals surface area contributed by atoms with Gasteiger partial charge < -0.3 is 4.90 Å². The van der Waals surface area contributed by atoms with Crippen molar-refractivity contribution >= 4 is 15.9 Å². The summed E-state index contributed by atoms with van der Waals surface area (Å²) in [6.07, 6.45) is -3.98. The molecule has 2 rings (SSSR count). The molecule has 1 fully saturated rings. The summed E-state index contributed by atoms with van der Waals surface area (Å²) in [4.78, 5) is 1.56. The van der Waals surface area contributed by atoms with E-state index in [1.807, 2.05) is 0 Å². The van der Waals surface area contributed by atoms with Gasteiger partial charge in [-0.3, -0.25) is 0 Å². The zero-order valence-corrected chi connectivity index (χ0v) is 13.1. The highest BCUT2D eigenvalue weighted by Crippen LogP contribution is 2.37. The average Bonchev–Trinajstić information content (AvgIpc) is 2.85. The van der Waals surface area contributed by atoms with E-state index in [1.165, 1.54) is 26.2 Å². The summed E-state index contributed by atoms with van der Waals surface area (Å²) in [6.45, 7) is 0.577. The number of hydrogen-bond donors (Lipinski definition) is 1. The van der Waals surface area contributed by atoms with Gasteiger partial charge in [-0.2, -0.15) is 30.6 Å². The number of para-hydroxylation sites is 1. The first-order valence-electron chi connectivity index (χ1n) is 6.72. The Morgan fingerprint density at radius 1 is 1.27 bits per heavy atom. The van der Waals surface area contributed by atoms with Crippen LogP contribution in [0.2, 0.25) is 0 Å². The van der Waals surface area contributed by atoms with Gasteiger partial charge in [0.15, 0.2) is 0 Å². The Labute approximate surface area is 127 Å². The molecule has 5 nitrogen and oxygen atoms in total. The molecule has 0 bridgehead atoms. The third kappa shape index (κ3) is 3.71. The predicted octanol–water partition coefficient (Wildman–Crippen LogP) is 1.68. The minimum atomic E-state index is -4.43. The molecule has 0 aliphatic carbocycles. The standard InChI is InChI=1S/C13H18F3N3O2S/c1-18(2)22(20,21)17-10-7-8-19(9-10)12-6-4-3-5-11(12)13(14,15)16/h3-6,10,17H,7-9H2,1-2H3. The quantitative estimate of drug-likeness (QED) is 0.909. The van der Waals surface area contributed by atoms with Crippen LogP contribution < -0.4 is 9.62 Å². The maximum Gasteiger partial charge on any atom is 0.418 e. The van der Waals surface area contributed by atoms with Crippen molar-refractivity contribution in [3.05, 3.63) is 29.8 Å². The highest BCUT2D eigenvalue weighted by molar-refractivity contribution is 7.87. The van der Waals surface area contributed by atoms with Gasteiger partial charge in [-0.15, -0.1) is 0 Å². The molecule has 1 N–H and O–H groups in total. The summed E-state index contributed by atoms with van der Waals surface area (Å²) in [6, 6.07) is 4.92. The number of anilines is 1. The fraction of sp³-hybridized carbons (Fsp3) is 0.538. The first-order chi connectivity index (χ1) is 10.1. The Bertz CT molecular complexity index is 632. The van der Waals surface area contributed by atoms with Crippen molar-refractivity contribution in [1.29, 1.82) is 0 Å². The van der Waals surface area contributed by atoms with Crippen molar-refractivity contribution in [1.82, 2.24) is 9.03 Å². The molecule has 1 aliphatic heterocycles. The van der Waals surface area contributed by atoms with Crippen LogP contribution in [-0.2, 0) is 16.4 Å². The van der Waals surface area contributed by atoms with Crippen molar-refractivity contribution in [3.8, 4) is 0 Å². The van der Waals surface area contributed by atoms with E-state index in [4.69, 9.17) is 0 Å². The Morgan fingerprint density at radius 2 is 1.91 bits per heavy atom. The lowest BCUT2D eigenvalue weighted by Gasteiger charge is -2.23. The van der Waals surface area contributed by atoms with E-state index < -0.39 is 28.0 Å². The van der Waals surface area contributed by atoms with Crippen molar-refractivity contribution in [2.75, 3.05) is 32.1 Å². The summed E-state index contributed by atoms with van der Waals surface area (Å²) in [7, 11) is -0.798. The first kappa shape index (κ1) is 17.0. The van der Waals surface area contributed by atoms with E-state index >= 15 is 0 Å². The van der Waals surface area contributed by atoms with E-state index in [0.29, 0.717) is 13.0 Å². The number of rotatable bonds is 4. The molecule has 1 aromatic carbocycles. The van der Waals surface area contributed by atoms with Gasteiger partial charge >= 0.3 is 6.18 Å². The zero-order valence-electron chi connectivity index (χ0n) is 12.3. The van der Waals surface area contributed by atoms with Gasteiger partial charge in [0.25, 0.3) is 10.2 Å². The second-order valence-corrected chi connectivity index (χ2v) is 7.27.